The molecule has 7 nitrogen and oxygen atoms in total. The quantitative estimate of drug-likeness (QED) is 0.406. The SMILES string of the molecule is CCOC(=O)c1c(NC(=O)c2ccc(N(Cc3ccc(F)cc3)S(C)(=O)=O)cc2)sc2c1CCCC2. The minimum absolute atomic E-state index is 0.0221. The summed E-state index contributed by atoms with van der Waals surface area (Å²) in [7, 11) is -3.64. The van der Waals surface area contributed by atoms with Gasteiger partial charge in [-0.05, 0) is 80.1 Å². The molecule has 4 rings (SSSR count). The highest BCUT2D eigenvalue weighted by Gasteiger charge is 2.27. The number of nitrogens with one attached hydrogen (secondary N) is 1. The molecule has 0 fully saturated rings. The van der Waals surface area contributed by atoms with Gasteiger partial charge in [0.15, 0.2) is 0 Å². The van der Waals surface area contributed by atoms with Crippen LogP contribution in [-0.4, -0.2) is 33.2 Å². The number of ether oxygens (including phenoxy) is 1. The van der Waals surface area contributed by atoms with Crippen molar-refractivity contribution in [2.24, 2.45) is 0 Å². The zero-order chi connectivity index (χ0) is 25.9. The largest absolute Gasteiger partial charge is 0.462 e. The number of carbonyl (C=O) groups is 2. The third kappa shape index (κ3) is 5.76. The lowest BCUT2D eigenvalue weighted by molar-refractivity contribution is 0.0526. The minimum atomic E-state index is -3.64. The molecule has 3 aromatic rings. The van der Waals surface area contributed by atoms with Gasteiger partial charge in [0.25, 0.3) is 5.91 Å². The van der Waals surface area contributed by atoms with Crippen LogP contribution in [0.25, 0.3) is 0 Å². The van der Waals surface area contributed by atoms with Gasteiger partial charge in [-0.15, -0.1) is 11.3 Å². The van der Waals surface area contributed by atoms with Crippen LogP contribution in [0.5, 0.6) is 0 Å². The molecule has 1 amide bonds. The molecule has 0 unspecified atom stereocenters. The number of fused-ring (bicyclic) bond motifs is 1. The van der Waals surface area contributed by atoms with Crippen LogP contribution >= 0.6 is 11.3 Å². The van der Waals surface area contributed by atoms with Gasteiger partial charge in [-0.3, -0.25) is 9.10 Å². The molecule has 0 atom stereocenters. The minimum Gasteiger partial charge on any atom is -0.462 e. The molecule has 0 aliphatic heterocycles. The van der Waals surface area contributed by atoms with Gasteiger partial charge in [-0.25, -0.2) is 17.6 Å². The van der Waals surface area contributed by atoms with Crippen molar-refractivity contribution >= 4 is 43.9 Å². The van der Waals surface area contributed by atoms with Crippen LogP contribution in [-0.2, 0) is 34.1 Å². The van der Waals surface area contributed by atoms with Crippen LogP contribution < -0.4 is 9.62 Å². The number of esters is 1. The smallest absolute Gasteiger partial charge is 0.341 e. The van der Waals surface area contributed by atoms with Crippen molar-refractivity contribution in [3.63, 3.8) is 0 Å². The number of anilines is 2. The van der Waals surface area contributed by atoms with Crippen molar-refractivity contribution in [2.75, 3.05) is 22.5 Å². The molecule has 1 aromatic heterocycles. The normalized spacial score (nSPS) is 13.1. The second kappa shape index (κ2) is 10.8. The number of thiophene rings is 1. The maximum Gasteiger partial charge on any atom is 0.341 e. The Kier molecular flexibility index (Phi) is 7.75. The first-order chi connectivity index (χ1) is 17.2. The van der Waals surface area contributed by atoms with Crippen LogP contribution in [0.15, 0.2) is 48.5 Å². The molecule has 0 radical (unpaired) electrons. The van der Waals surface area contributed by atoms with Crippen molar-refractivity contribution in [3.8, 4) is 0 Å². The predicted molar refractivity (Wildman–Crippen MR) is 139 cm³/mol. The molecule has 1 N–H and O–H groups in total. The molecule has 10 heteroatoms. The maximum absolute atomic E-state index is 13.2. The molecule has 190 valence electrons. The maximum atomic E-state index is 13.2. The first kappa shape index (κ1) is 25.8. The van der Waals surface area contributed by atoms with Gasteiger partial charge >= 0.3 is 5.97 Å². The number of halogens is 1. The number of amides is 1. The Morgan fingerprint density at radius 1 is 1.06 bits per heavy atom. The topological polar surface area (TPSA) is 92.8 Å². The molecule has 1 aliphatic carbocycles. The summed E-state index contributed by atoms with van der Waals surface area (Å²) in [4.78, 5) is 26.8. The number of carbonyl (C=O) groups excluding carboxylic acids is 2. The molecule has 36 heavy (non-hydrogen) atoms. The van der Waals surface area contributed by atoms with Gasteiger partial charge in [-0.2, -0.15) is 0 Å². The van der Waals surface area contributed by atoms with Crippen molar-refractivity contribution < 1.29 is 27.1 Å². The Morgan fingerprint density at radius 3 is 2.36 bits per heavy atom. The number of sulfonamides is 1. The Balaban J connectivity index is 1.56. The molecule has 0 saturated carbocycles. The molecule has 2 aromatic carbocycles. The van der Waals surface area contributed by atoms with Gasteiger partial charge in [0, 0.05) is 10.4 Å². The summed E-state index contributed by atoms with van der Waals surface area (Å²) in [5, 5.41) is 3.33. The van der Waals surface area contributed by atoms with Gasteiger partial charge in [0.2, 0.25) is 10.0 Å². The number of hydrogen-bond acceptors (Lipinski definition) is 6. The molecule has 0 bridgehead atoms. The predicted octanol–water partition coefficient (Wildman–Crippen LogP) is 5.16. The van der Waals surface area contributed by atoms with E-state index < -0.39 is 27.7 Å². The van der Waals surface area contributed by atoms with Crippen molar-refractivity contribution in [1.29, 1.82) is 0 Å². The highest BCUT2D eigenvalue weighted by atomic mass is 32.2. The zero-order valence-electron chi connectivity index (χ0n) is 20.0. The fourth-order valence-corrected chi connectivity index (χ4v) is 6.34. The summed E-state index contributed by atoms with van der Waals surface area (Å²) in [6, 6.07) is 11.8. The van der Waals surface area contributed by atoms with Crippen LogP contribution in [0.1, 0.15) is 56.5 Å². The van der Waals surface area contributed by atoms with E-state index in [1.807, 2.05) is 0 Å². The average Bonchev–Trinajstić information content (AvgIpc) is 3.21. The Bertz CT molecular complexity index is 1370. The van der Waals surface area contributed by atoms with Crippen LogP contribution in [0.3, 0.4) is 0 Å². The zero-order valence-corrected chi connectivity index (χ0v) is 21.7. The van der Waals surface area contributed by atoms with Crippen LogP contribution in [0.2, 0.25) is 0 Å². The molecule has 0 spiro atoms. The molecular weight excluding hydrogens is 503 g/mol. The van der Waals surface area contributed by atoms with Gasteiger partial charge in [0.1, 0.15) is 10.8 Å². The lowest BCUT2D eigenvalue weighted by atomic mass is 9.95. The summed E-state index contributed by atoms with van der Waals surface area (Å²) in [6.07, 6.45) is 4.76. The van der Waals surface area contributed by atoms with Gasteiger partial charge in [0.05, 0.1) is 30.7 Å². The fourth-order valence-electron chi connectivity index (χ4n) is 4.18. The summed E-state index contributed by atoms with van der Waals surface area (Å²) < 4.78 is 44.6. The van der Waals surface area contributed by atoms with Crippen molar-refractivity contribution in [1.82, 2.24) is 0 Å². The number of aryl methyl sites for hydroxylation is 1. The fraction of sp³-hybridized carbons (Fsp3) is 0.308. The summed E-state index contributed by atoms with van der Waals surface area (Å²) >= 11 is 1.41. The standard InChI is InChI=1S/C26H27FN2O5S2/c1-3-34-26(31)23-21-6-4-5-7-22(21)35-25(23)28-24(30)18-10-14-20(15-11-18)29(36(2,32)33)16-17-8-12-19(27)13-9-17/h8-15H,3-7,16H2,1-2H3,(H,28,30). The lowest BCUT2D eigenvalue weighted by Crippen LogP contribution is -2.29. The van der Waals surface area contributed by atoms with Crippen LogP contribution in [0, 0.1) is 5.82 Å². The van der Waals surface area contributed by atoms with E-state index in [1.54, 1.807) is 19.1 Å². The third-order valence-corrected chi connectivity index (χ3v) is 8.28. The average molecular weight is 531 g/mol. The first-order valence-electron chi connectivity index (χ1n) is 11.6. The summed E-state index contributed by atoms with van der Waals surface area (Å²) in [5.41, 5.74) is 2.70. The van der Waals surface area contributed by atoms with E-state index in [-0.39, 0.29) is 13.2 Å². The lowest BCUT2D eigenvalue weighted by Gasteiger charge is -2.22. The van der Waals surface area contributed by atoms with E-state index in [0.717, 1.165) is 42.4 Å². The van der Waals surface area contributed by atoms with E-state index in [9.17, 15) is 22.4 Å². The second-order valence-electron chi connectivity index (χ2n) is 8.53. The van der Waals surface area contributed by atoms with Crippen molar-refractivity contribution in [2.45, 2.75) is 39.2 Å². The summed E-state index contributed by atoms with van der Waals surface area (Å²) in [6.45, 7) is 2.01. The Labute approximate surface area is 214 Å². The number of benzene rings is 2. The first-order valence-corrected chi connectivity index (χ1v) is 14.3. The van der Waals surface area contributed by atoms with E-state index in [4.69, 9.17) is 4.74 Å². The molecule has 1 aliphatic rings. The highest BCUT2D eigenvalue weighted by molar-refractivity contribution is 7.92. The van der Waals surface area contributed by atoms with E-state index in [0.29, 0.717) is 27.4 Å². The molecule has 1 heterocycles. The Morgan fingerprint density at radius 2 is 1.72 bits per heavy atom. The summed E-state index contributed by atoms with van der Waals surface area (Å²) in [5.74, 6) is -1.25. The van der Waals surface area contributed by atoms with E-state index in [1.165, 1.54) is 52.0 Å². The third-order valence-electron chi connectivity index (χ3n) is 5.94. The number of nitrogens with zero attached hydrogens (tertiary/aromatic N) is 1. The van der Waals surface area contributed by atoms with E-state index >= 15 is 0 Å². The number of rotatable bonds is 8. The number of hydrogen-bond donors (Lipinski definition) is 1. The monoisotopic (exact) mass is 530 g/mol. The van der Waals surface area contributed by atoms with Gasteiger partial charge < -0.3 is 10.1 Å². The molecular formula is C26H27FN2O5S2. The second-order valence-corrected chi connectivity index (χ2v) is 11.5. The van der Waals surface area contributed by atoms with Gasteiger partial charge in [-0.1, -0.05) is 12.1 Å². The highest BCUT2D eigenvalue weighted by Crippen LogP contribution is 2.39. The van der Waals surface area contributed by atoms with Crippen LogP contribution in [0.4, 0.5) is 15.1 Å². The van der Waals surface area contributed by atoms with Crippen molar-refractivity contribution in [3.05, 3.63) is 81.5 Å². The Hall–Kier alpha value is -3.24. The van der Waals surface area contributed by atoms with E-state index in [2.05, 4.69) is 5.32 Å². The molecule has 0 saturated heterocycles.